The Kier molecular flexibility index (Phi) is 9.26. The Balaban J connectivity index is 1.48. The molecular weight excluding hydrogens is 466 g/mol. The molecule has 3 rings (SSSR count). The number of hydrogen-bond donors (Lipinski definition) is 2. The fourth-order valence-corrected chi connectivity index (χ4v) is 3.41. The van der Waals surface area contributed by atoms with Crippen LogP contribution in [0.4, 0.5) is 5.69 Å². The van der Waals surface area contributed by atoms with Crippen LogP contribution in [0.3, 0.4) is 0 Å². The topological polar surface area (TPSA) is 89.0 Å². The smallest absolute Gasteiger partial charge is 0.240 e. The van der Waals surface area contributed by atoms with E-state index in [4.69, 9.17) is 21.1 Å². The predicted molar refractivity (Wildman–Crippen MR) is 138 cm³/mol. The summed E-state index contributed by atoms with van der Waals surface area (Å²) in [5.74, 6) is 0.498. The normalized spacial score (nSPS) is 10.7. The van der Waals surface area contributed by atoms with Gasteiger partial charge in [0, 0.05) is 29.1 Å². The minimum absolute atomic E-state index is 0.0200. The molecule has 35 heavy (non-hydrogen) atoms. The van der Waals surface area contributed by atoms with Crippen molar-refractivity contribution >= 4 is 35.3 Å². The van der Waals surface area contributed by atoms with Gasteiger partial charge in [0.25, 0.3) is 0 Å². The zero-order valence-electron chi connectivity index (χ0n) is 19.9. The number of nitrogens with zero attached hydrogens (tertiary/aromatic N) is 1. The van der Waals surface area contributed by atoms with Crippen molar-refractivity contribution < 1.29 is 19.1 Å². The van der Waals surface area contributed by atoms with Crippen molar-refractivity contribution in [3.05, 3.63) is 87.9 Å². The zero-order chi connectivity index (χ0) is 25.2. The number of anilines is 1. The maximum atomic E-state index is 12.2. The summed E-state index contributed by atoms with van der Waals surface area (Å²) in [6, 6.07) is 18.5. The highest BCUT2D eigenvalue weighted by Crippen LogP contribution is 2.29. The van der Waals surface area contributed by atoms with Crippen molar-refractivity contribution in [1.29, 1.82) is 0 Å². The maximum Gasteiger partial charge on any atom is 0.240 e. The lowest BCUT2D eigenvalue weighted by molar-refractivity contribution is -0.124. The Hall–Kier alpha value is -3.84. The van der Waals surface area contributed by atoms with Crippen molar-refractivity contribution in [1.82, 2.24) is 5.43 Å². The van der Waals surface area contributed by atoms with Crippen molar-refractivity contribution in [3.63, 3.8) is 0 Å². The van der Waals surface area contributed by atoms with Gasteiger partial charge in [-0.05, 0) is 60.9 Å². The Morgan fingerprint density at radius 1 is 0.971 bits per heavy atom. The number of nitrogens with one attached hydrogen (secondary N) is 2. The summed E-state index contributed by atoms with van der Waals surface area (Å²) in [6.45, 7) is 4.23. The summed E-state index contributed by atoms with van der Waals surface area (Å²) in [4.78, 5) is 24.3. The Bertz CT molecular complexity index is 1230. The molecule has 3 aromatic carbocycles. The summed E-state index contributed by atoms with van der Waals surface area (Å²) in [5.41, 5.74) is 6.86. The number of amides is 2. The molecule has 0 aliphatic rings. The maximum absolute atomic E-state index is 12.2. The van der Waals surface area contributed by atoms with Gasteiger partial charge in [-0.15, -0.1) is 0 Å². The van der Waals surface area contributed by atoms with Gasteiger partial charge in [0.2, 0.25) is 11.8 Å². The molecule has 182 valence electrons. The van der Waals surface area contributed by atoms with Gasteiger partial charge in [0.15, 0.2) is 11.5 Å². The van der Waals surface area contributed by atoms with Gasteiger partial charge in [-0.1, -0.05) is 41.9 Å². The molecule has 2 N–H and O–H groups in total. The Labute approximate surface area is 210 Å². The van der Waals surface area contributed by atoms with E-state index >= 15 is 0 Å². The van der Waals surface area contributed by atoms with E-state index in [1.54, 1.807) is 25.3 Å². The third-order valence-corrected chi connectivity index (χ3v) is 5.76. The molecule has 0 unspecified atom stereocenters. The number of hydrazone groups is 1. The van der Waals surface area contributed by atoms with Gasteiger partial charge in [-0.25, -0.2) is 5.43 Å². The molecule has 0 saturated carbocycles. The number of carbonyl (C=O) groups is 2. The highest BCUT2D eigenvalue weighted by molar-refractivity contribution is 6.31. The van der Waals surface area contributed by atoms with E-state index in [0.717, 1.165) is 22.4 Å². The van der Waals surface area contributed by atoms with Gasteiger partial charge in [-0.2, -0.15) is 5.10 Å². The number of hydrogen-bond acceptors (Lipinski definition) is 5. The number of aryl methyl sites for hydroxylation is 1. The lowest BCUT2D eigenvalue weighted by Gasteiger charge is -2.12. The first-order valence-corrected chi connectivity index (χ1v) is 11.5. The SMILES string of the molecule is COc1cc(C=NNC(=O)CCC(=O)Nc2cccc(C)c2C)ccc1OCc1ccccc1Cl. The molecule has 3 aromatic rings. The molecule has 0 fully saturated rings. The van der Waals surface area contributed by atoms with Crippen molar-refractivity contribution in [2.75, 3.05) is 12.4 Å². The van der Waals surface area contributed by atoms with Gasteiger partial charge in [0.1, 0.15) is 6.61 Å². The molecule has 0 atom stereocenters. The average Bonchev–Trinajstić information content (AvgIpc) is 2.85. The van der Waals surface area contributed by atoms with Crippen molar-refractivity contribution in [2.24, 2.45) is 5.10 Å². The van der Waals surface area contributed by atoms with Gasteiger partial charge in [0.05, 0.1) is 13.3 Å². The molecule has 0 radical (unpaired) electrons. The van der Waals surface area contributed by atoms with E-state index in [-0.39, 0.29) is 24.7 Å². The third-order valence-electron chi connectivity index (χ3n) is 5.39. The first-order valence-electron chi connectivity index (χ1n) is 11.1. The van der Waals surface area contributed by atoms with E-state index < -0.39 is 0 Å². The van der Waals surface area contributed by atoms with Crippen LogP contribution in [0.1, 0.15) is 35.1 Å². The Morgan fingerprint density at radius 2 is 1.74 bits per heavy atom. The fourth-order valence-electron chi connectivity index (χ4n) is 3.22. The summed E-state index contributed by atoms with van der Waals surface area (Å²) < 4.78 is 11.3. The first-order chi connectivity index (χ1) is 16.9. The number of halogens is 1. The molecule has 7 nitrogen and oxygen atoms in total. The highest BCUT2D eigenvalue weighted by atomic mass is 35.5. The van der Waals surface area contributed by atoms with Crippen molar-refractivity contribution in [3.8, 4) is 11.5 Å². The van der Waals surface area contributed by atoms with E-state index in [0.29, 0.717) is 28.7 Å². The minimum atomic E-state index is -0.357. The van der Waals surface area contributed by atoms with Crippen LogP contribution < -0.4 is 20.2 Å². The standard InChI is InChI=1S/C27H28ClN3O4/c1-18-7-6-10-23(19(18)2)30-26(32)13-14-27(33)31-29-16-20-11-12-24(25(15-20)34-3)35-17-21-8-4-5-9-22(21)28/h4-12,15-16H,13-14,17H2,1-3H3,(H,30,32)(H,31,33). The summed E-state index contributed by atoms with van der Waals surface area (Å²) in [7, 11) is 1.55. The van der Waals surface area contributed by atoms with E-state index in [2.05, 4.69) is 15.8 Å². The first kappa shape index (κ1) is 25.8. The number of rotatable bonds is 10. The van der Waals surface area contributed by atoms with Crippen LogP contribution in [0.5, 0.6) is 11.5 Å². The minimum Gasteiger partial charge on any atom is -0.493 e. The van der Waals surface area contributed by atoms with Gasteiger partial charge >= 0.3 is 0 Å². The molecule has 2 amide bonds. The largest absolute Gasteiger partial charge is 0.493 e. The lowest BCUT2D eigenvalue weighted by Crippen LogP contribution is -2.21. The van der Waals surface area contributed by atoms with Crippen LogP contribution in [-0.2, 0) is 16.2 Å². The summed E-state index contributed by atoms with van der Waals surface area (Å²) in [6.07, 6.45) is 1.57. The monoisotopic (exact) mass is 493 g/mol. The molecule has 0 aromatic heterocycles. The molecule has 0 aliphatic carbocycles. The van der Waals surface area contributed by atoms with Crippen LogP contribution in [0.15, 0.2) is 65.8 Å². The summed E-state index contributed by atoms with van der Waals surface area (Å²) >= 11 is 6.17. The van der Waals surface area contributed by atoms with Crippen LogP contribution in [-0.4, -0.2) is 25.1 Å². The van der Waals surface area contributed by atoms with Crippen LogP contribution in [0.2, 0.25) is 5.02 Å². The lowest BCUT2D eigenvalue weighted by atomic mass is 10.1. The second-order valence-corrected chi connectivity index (χ2v) is 8.29. The molecule has 0 aliphatic heterocycles. The molecule has 0 heterocycles. The quantitative estimate of drug-likeness (QED) is 0.292. The summed E-state index contributed by atoms with van der Waals surface area (Å²) in [5, 5.41) is 7.44. The molecule has 8 heteroatoms. The fraction of sp³-hybridized carbons (Fsp3) is 0.222. The molecule has 0 bridgehead atoms. The van der Waals surface area contributed by atoms with Crippen molar-refractivity contribution in [2.45, 2.75) is 33.3 Å². The van der Waals surface area contributed by atoms with Crippen LogP contribution in [0, 0.1) is 13.8 Å². The predicted octanol–water partition coefficient (Wildman–Crippen LogP) is 5.41. The van der Waals surface area contributed by atoms with Crippen LogP contribution >= 0.6 is 11.6 Å². The molecule has 0 spiro atoms. The van der Waals surface area contributed by atoms with Crippen LogP contribution in [0.25, 0.3) is 0 Å². The number of methoxy groups -OCH3 is 1. The third kappa shape index (κ3) is 7.58. The highest BCUT2D eigenvalue weighted by Gasteiger charge is 2.10. The molecular formula is C27H28ClN3O4. The second kappa shape index (κ2) is 12.6. The number of ether oxygens (including phenoxy) is 2. The zero-order valence-corrected chi connectivity index (χ0v) is 20.7. The van der Waals surface area contributed by atoms with E-state index in [9.17, 15) is 9.59 Å². The number of carbonyl (C=O) groups excluding carboxylic acids is 2. The van der Waals surface area contributed by atoms with E-state index in [1.165, 1.54) is 6.21 Å². The van der Waals surface area contributed by atoms with E-state index in [1.807, 2.05) is 56.3 Å². The number of benzene rings is 3. The Morgan fingerprint density at radius 3 is 2.51 bits per heavy atom. The van der Waals surface area contributed by atoms with Gasteiger partial charge in [-0.3, -0.25) is 9.59 Å². The molecule has 0 saturated heterocycles. The average molecular weight is 494 g/mol. The van der Waals surface area contributed by atoms with Gasteiger partial charge < -0.3 is 14.8 Å². The second-order valence-electron chi connectivity index (χ2n) is 7.88.